The summed E-state index contributed by atoms with van der Waals surface area (Å²) in [4.78, 5) is 2.47. The lowest BCUT2D eigenvalue weighted by atomic mass is 10.1. The number of halogens is 1. The topological polar surface area (TPSA) is 29.0 Å². The first-order valence-electron chi connectivity index (χ1n) is 9.35. The number of piperidine rings is 1. The van der Waals surface area contributed by atoms with E-state index < -0.39 is 0 Å². The van der Waals surface area contributed by atoms with Gasteiger partial charge in [-0.1, -0.05) is 53.7 Å². The summed E-state index contributed by atoms with van der Waals surface area (Å²) in [7, 11) is 0. The predicted octanol–water partition coefficient (Wildman–Crippen LogP) is 6.08. The Labute approximate surface area is 169 Å². The molecule has 1 aliphatic rings. The molecule has 1 saturated heterocycles. The normalized spacial score (nSPS) is 14.3. The fraction of sp³-hybridized carbons (Fsp3) is 0.273. The van der Waals surface area contributed by atoms with Crippen LogP contribution in [0.25, 0.3) is 11.3 Å². The molecule has 1 aromatic heterocycles. The van der Waals surface area contributed by atoms with Gasteiger partial charge in [-0.25, -0.2) is 0 Å². The maximum absolute atomic E-state index is 6.21. The largest absolute Gasteiger partial charge is 0.372 e. The van der Waals surface area contributed by atoms with E-state index in [-0.39, 0.29) is 0 Å². The quantitative estimate of drug-likeness (QED) is 0.489. The zero-order valence-electron chi connectivity index (χ0n) is 15.1. The van der Waals surface area contributed by atoms with E-state index in [1.165, 1.54) is 24.9 Å². The van der Waals surface area contributed by atoms with Crippen LogP contribution in [0.3, 0.4) is 0 Å². The lowest BCUT2D eigenvalue weighted by Crippen LogP contribution is -2.29. The molecule has 0 radical (unpaired) electrons. The minimum absolute atomic E-state index is 0.790. The molecule has 27 heavy (non-hydrogen) atoms. The van der Waals surface area contributed by atoms with E-state index in [1.54, 1.807) is 11.8 Å². The Bertz CT molecular complexity index is 875. The van der Waals surface area contributed by atoms with Crippen LogP contribution in [-0.4, -0.2) is 23.3 Å². The molecule has 0 N–H and O–H groups in total. The molecule has 3 nitrogen and oxygen atoms in total. The molecule has 1 aliphatic heterocycles. The Morgan fingerprint density at radius 3 is 2.33 bits per heavy atom. The molecule has 3 aromatic rings. The van der Waals surface area contributed by atoms with Gasteiger partial charge in [0.1, 0.15) is 5.03 Å². The second kappa shape index (κ2) is 8.77. The van der Waals surface area contributed by atoms with Crippen molar-refractivity contribution in [3.8, 4) is 11.3 Å². The van der Waals surface area contributed by atoms with Gasteiger partial charge in [0, 0.05) is 35.1 Å². The van der Waals surface area contributed by atoms with E-state index in [0.29, 0.717) is 0 Å². The number of thioether (sulfide) groups is 1. The van der Waals surface area contributed by atoms with Gasteiger partial charge in [0.25, 0.3) is 0 Å². The average molecular weight is 396 g/mol. The second-order valence-electron chi connectivity index (χ2n) is 6.73. The number of rotatable bonds is 5. The van der Waals surface area contributed by atoms with Gasteiger partial charge in [0.05, 0.1) is 5.69 Å². The lowest BCUT2D eigenvalue weighted by Gasteiger charge is -2.28. The third-order valence-corrected chi connectivity index (χ3v) is 6.20. The van der Waals surface area contributed by atoms with Crippen molar-refractivity contribution in [1.82, 2.24) is 10.2 Å². The van der Waals surface area contributed by atoms with Crippen LogP contribution in [0.2, 0.25) is 5.02 Å². The predicted molar refractivity (Wildman–Crippen MR) is 115 cm³/mol. The average Bonchev–Trinajstić information content (AvgIpc) is 2.74. The smallest absolute Gasteiger partial charge is 0.119 e. The third kappa shape index (κ3) is 4.63. The van der Waals surface area contributed by atoms with Crippen LogP contribution >= 0.6 is 23.4 Å². The molecule has 1 fully saturated rings. The highest BCUT2D eigenvalue weighted by molar-refractivity contribution is 7.98. The zero-order valence-corrected chi connectivity index (χ0v) is 16.7. The number of aromatic nitrogens is 2. The Morgan fingerprint density at radius 2 is 1.63 bits per heavy atom. The van der Waals surface area contributed by atoms with Gasteiger partial charge in [0.2, 0.25) is 0 Å². The Morgan fingerprint density at radius 1 is 0.852 bits per heavy atom. The fourth-order valence-corrected chi connectivity index (χ4v) is 4.41. The summed E-state index contributed by atoms with van der Waals surface area (Å²) in [5, 5.41) is 10.5. The highest BCUT2D eigenvalue weighted by Gasteiger charge is 2.11. The van der Waals surface area contributed by atoms with Crippen molar-refractivity contribution in [2.24, 2.45) is 0 Å². The lowest BCUT2D eigenvalue weighted by molar-refractivity contribution is 0.578. The van der Waals surface area contributed by atoms with Crippen LogP contribution in [0.4, 0.5) is 5.69 Å². The fourth-order valence-electron chi connectivity index (χ4n) is 3.31. The summed E-state index contributed by atoms with van der Waals surface area (Å²) in [5.74, 6) is 0.790. The van der Waals surface area contributed by atoms with Crippen LogP contribution in [0.5, 0.6) is 0 Å². The van der Waals surface area contributed by atoms with Crippen molar-refractivity contribution >= 4 is 29.1 Å². The first kappa shape index (κ1) is 18.3. The summed E-state index contributed by atoms with van der Waals surface area (Å²) in [5.41, 5.74) is 4.43. The number of nitrogens with zero attached hydrogens (tertiary/aromatic N) is 3. The first-order chi connectivity index (χ1) is 13.3. The third-order valence-electron chi connectivity index (χ3n) is 4.86. The van der Waals surface area contributed by atoms with E-state index in [0.717, 1.165) is 45.7 Å². The number of anilines is 1. The summed E-state index contributed by atoms with van der Waals surface area (Å²) < 4.78 is 0. The van der Waals surface area contributed by atoms with Gasteiger partial charge in [-0.2, -0.15) is 0 Å². The second-order valence-corrected chi connectivity index (χ2v) is 8.13. The van der Waals surface area contributed by atoms with Crippen molar-refractivity contribution in [2.45, 2.75) is 30.0 Å². The molecule has 0 saturated carbocycles. The van der Waals surface area contributed by atoms with Gasteiger partial charge in [0.15, 0.2) is 0 Å². The van der Waals surface area contributed by atoms with Gasteiger partial charge < -0.3 is 4.90 Å². The molecular formula is C22H22ClN3S. The van der Waals surface area contributed by atoms with Crippen molar-refractivity contribution in [1.29, 1.82) is 0 Å². The number of benzene rings is 2. The maximum atomic E-state index is 6.21. The van der Waals surface area contributed by atoms with Crippen molar-refractivity contribution < 1.29 is 0 Å². The highest BCUT2D eigenvalue weighted by Crippen LogP contribution is 2.27. The Kier molecular flexibility index (Phi) is 5.95. The van der Waals surface area contributed by atoms with Crippen LogP contribution in [-0.2, 0) is 5.75 Å². The van der Waals surface area contributed by atoms with Gasteiger partial charge in [-0.15, -0.1) is 10.2 Å². The molecule has 0 unspecified atom stereocenters. The molecule has 0 aliphatic carbocycles. The van der Waals surface area contributed by atoms with Gasteiger partial charge >= 0.3 is 0 Å². The molecule has 2 heterocycles. The summed E-state index contributed by atoms with van der Waals surface area (Å²) >= 11 is 7.86. The SMILES string of the molecule is Clc1ccccc1CSc1ccc(-c2ccc(N3CCCCC3)cc2)nn1. The van der Waals surface area contributed by atoms with Crippen molar-refractivity contribution in [2.75, 3.05) is 18.0 Å². The number of hydrogen-bond acceptors (Lipinski definition) is 4. The minimum atomic E-state index is 0.790. The molecular weight excluding hydrogens is 374 g/mol. The molecule has 4 rings (SSSR count). The molecule has 0 bridgehead atoms. The Hall–Kier alpha value is -2.04. The van der Waals surface area contributed by atoms with E-state index in [4.69, 9.17) is 11.6 Å². The monoisotopic (exact) mass is 395 g/mol. The van der Waals surface area contributed by atoms with Gasteiger partial charge in [-0.3, -0.25) is 0 Å². The summed E-state index contributed by atoms with van der Waals surface area (Å²) in [6, 6.07) is 20.7. The molecule has 5 heteroatoms. The van der Waals surface area contributed by atoms with E-state index >= 15 is 0 Å². The van der Waals surface area contributed by atoms with Crippen LogP contribution in [0, 0.1) is 0 Å². The van der Waals surface area contributed by atoms with Crippen LogP contribution < -0.4 is 4.90 Å². The standard InChI is InChI=1S/C22H22ClN3S/c23-20-7-3-2-6-18(20)16-27-22-13-12-21(24-25-22)17-8-10-19(11-9-17)26-14-4-1-5-15-26/h2-3,6-13H,1,4-5,14-16H2. The summed E-state index contributed by atoms with van der Waals surface area (Å²) in [6.07, 6.45) is 3.94. The first-order valence-corrected chi connectivity index (χ1v) is 10.7. The van der Waals surface area contributed by atoms with E-state index in [1.807, 2.05) is 36.4 Å². The summed E-state index contributed by atoms with van der Waals surface area (Å²) in [6.45, 7) is 2.33. The van der Waals surface area contributed by atoms with Gasteiger partial charge in [-0.05, 0) is 55.2 Å². The number of hydrogen-bond donors (Lipinski definition) is 0. The highest BCUT2D eigenvalue weighted by atomic mass is 35.5. The molecule has 0 amide bonds. The van der Waals surface area contributed by atoms with Crippen LogP contribution in [0.15, 0.2) is 65.7 Å². The zero-order chi connectivity index (χ0) is 18.5. The Balaban J connectivity index is 1.40. The van der Waals surface area contributed by atoms with Crippen LogP contribution in [0.1, 0.15) is 24.8 Å². The van der Waals surface area contributed by atoms with Crippen molar-refractivity contribution in [3.05, 3.63) is 71.2 Å². The van der Waals surface area contributed by atoms with Crippen molar-refractivity contribution in [3.63, 3.8) is 0 Å². The molecule has 0 atom stereocenters. The molecule has 138 valence electrons. The molecule has 2 aromatic carbocycles. The maximum Gasteiger partial charge on any atom is 0.119 e. The van der Waals surface area contributed by atoms with E-state index in [2.05, 4.69) is 39.4 Å². The minimum Gasteiger partial charge on any atom is -0.372 e. The van der Waals surface area contributed by atoms with E-state index in [9.17, 15) is 0 Å². The molecule has 0 spiro atoms.